The highest BCUT2D eigenvalue weighted by Crippen LogP contribution is 2.18. The van der Waals surface area contributed by atoms with Crippen LogP contribution in [0.4, 0.5) is 0 Å². The highest BCUT2D eigenvalue weighted by atomic mass is 16.5. The summed E-state index contributed by atoms with van der Waals surface area (Å²) in [7, 11) is 1.68. The largest absolute Gasteiger partial charge is 0.467 e. The summed E-state index contributed by atoms with van der Waals surface area (Å²) in [6.07, 6.45) is 1.68. The molecular weight excluding hydrogens is 228 g/mol. The van der Waals surface area contributed by atoms with Crippen LogP contribution in [0.2, 0.25) is 0 Å². The molecule has 0 bridgehead atoms. The van der Waals surface area contributed by atoms with Crippen molar-refractivity contribution in [3.8, 4) is 0 Å². The Labute approximate surface area is 105 Å². The Bertz CT molecular complexity index is 641. The van der Waals surface area contributed by atoms with Crippen LogP contribution in [0.15, 0.2) is 47.1 Å². The molecule has 0 unspecified atom stereocenters. The third kappa shape index (κ3) is 1.91. The monoisotopic (exact) mass is 242 g/mol. The summed E-state index contributed by atoms with van der Waals surface area (Å²) in [4.78, 5) is 4.58. The fourth-order valence-corrected chi connectivity index (χ4v) is 2.10. The van der Waals surface area contributed by atoms with Gasteiger partial charge in [-0.2, -0.15) is 0 Å². The second-order valence-electron chi connectivity index (χ2n) is 4.12. The number of hydrogen-bond acceptors (Lipinski definition) is 3. The third-order valence-corrected chi connectivity index (χ3v) is 2.90. The number of para-hydroxylation sites is 2. The van der Waals surface area contributed by atoms with Crippen molar-refractivity contribution in [2.45, 2.75) is 13.2 Å². The Morgan fingerprint density at radius 3 is 2.89 bits per heavy atom. The number of aromatic nitrogens is 2. The van der Waals surface area contributed by atoms with Crippen molar-refractivity contribution < 1.29 is 9.15 Å². The van der Waals surface area contributed by atoms with Crippen molar-refractivity contribution in [2.24, 2.45) is 0 Å². The first-order valence-corrected chi connectivity index (χ1v) is 5.84. The maximum absolute atomic E-state index is 5.40. The van der Waals surface area contributed by atoms with Gasteiger partial charge in [0.1, 0.15) is 18.2 Å². The number of methoxy groups -OCH3 is 1. The molecule has 0 fully saturated rings. The van der Waals surface area contributed by atoms with Crippen LogP contribution in [0.1, 0.15) is 11.6 Å². The number of imidazole rings is 1. The summed E-state index contributed by atoms with van der Waals surface area (Å²) in [6.45, 7) is 1.17. The normalized spacial score (nSPS) is 11.2. The molecule has 0 aliphatic heterocycles. The average molecular weight is 242 g/mol. The topological polar surface area (TPSA) is 40.2 Å². The first-order chi connectivity index (χ1) is 8.88. The molecule has 0 aliphatic carbocycles. The van der Waals surface area contributed by atoms with Crippen molar-refractivity contribution in [1.29, 1.82) is 0 Å². The summed E-state index contributed by atoms with van der Waals surface area (Å²) in [5, 5.41) is 0. The molecule has 2 heterocycles. The number of hydrogen-bond donors (Lipinski definition) is 0. The van der Waals surface area contributed by atoms with Gasteiger partial charge in [0.05, 0.1) is 23.8 Å². The molecule has 0 saturated carbocycles. The number of furan rings is 1. The Morgan fingerprint density at radius 2 is 2.11 bits per heavy atom. The predicted octanol–water partition coefficient (Wildman–Crippen LogP) is 2.82. The number of benzene rings is 1. The van der Waals surface area contributed by atoms with Crippen LogP contribution >= 0.6 is 0 Å². The van der Waals surface area contributed by atoms with Gasteiger partial charge in [-0.15, -0.1) is 0 Å². The Hall–Kier alpha value is -2.07. The van der Waals surface area contributed by atoms with Gasteiger partial charge in [-0.05, 0) is 24.3 Å². The maximum atomic E-state index is 5.40. The average Bonchev–Trinajstić information content (AvgIpc) is 3.00. The molecule has 4 heteroatoms. The lowest BCUT2D eigenvalue weighted by molar-refractivity contribution is 0.175. The van der Waals surface area contributed by atoms with Crippen LogP contribution in [0.5, 0.6) is 0 Å². The zero-order chi connectivity index (χ0) is 12.4. The number of ether oxygens (including phenoxy) is 1. The summed E-state index contributed by atoms with van der Waals surface area (Å²) in [6, 6.07) is 11.9. The molecule has 4 nitrogen and oxygen atoms in total. The number of nitrogens with zero attached hydrogens (tertiary/aromatic N) is 2. The molecule has 0 aliphatic rings. The van der Waals surface area contributed by atoms with Crippen molar-refractivity contribution in [3.63, 3.8) is 0 Å². The molecule has 0 amide bonds. The van der Waals surface area contributed by atoms with Gasteiger partial charge in [0.25, 0.3) is 0 Å². The molecule has 0 radical (unpaired) electrons. The maximum Gasteiger partial charge on any atom is 0.136 e. The zero-order valence-electron chi connectivity index (χ0n) is 10.2. The highest BCUT2D eigenvalue weighted by Gasteiger charge is 2.11. The van der Waals surface area contributed by atoms with Gasteiger partial charge in [-0.25, -0.2) is 4.98 Å². The van der Waals surface area contributed by atoms with Crippen molar-refractivity contribution in [2.75, 3.05) is 7.11 Å². The van der Waals surface area contributed by atoms with Crippen LogP contribution in [0, 0.1) is 0 Å². The Kier molecular flexibility index (Phi) is 2.86. The van der Waals surface area contributed by atoms with Gasteiger partial charge in [0, 0.05) is 7.11 Å². The van der Waals surface area contributed by atoms with Crippen LogP contribution < -0.4 is 0 Å². The van der Waals surface area contributed by atoms with Gasteiger partial charge in [0.15, 0.2) is 0 Å². The van der Waals surface area contributed by atoms with Crippen molar-refractivity contribution in [3.05, 3.63) is 54.2 Å². The van der Waals surface area contributed by atoms with Gasteiger partial charge < -0.3 is 13.7 Å². The standard InChI is InChI=1S/C14H14N2O2/c1-17-10-14-15-12-6-2-3-7-13(12)16(14)9-11-5-4-8-18-11/h2-8H,9-10H2,1H3. The summed E-state index contributed by atoms with van der Waals surface area (Å²) < 4.78 is 12.7. The van der Waals surface area contributed by atoms with E-state index < -0.39 is 0 Å². The van der Waals surface area contributed by atoms with E-state index in [0.29, 0.717) is 13.2 Å². The van der Waals surface area contributed by atoms with E-state index in [0.717, 1.165) is 22.6 Å². The smallest absolute Gasteiger partial charge is 0.136 e. The van der Waals surface area contributed by atoms with E-state index in [1.54, 1.807) is 13.4 Å². The second-order valence-corrected chi connectivity index (χ2v) is 4.12. The molecule has 0 N–H and O–H groups in total. The van der Waals surface area contributed by atoms with Crippen LogP contribution in [-0.4, -0.2) is 16.7 Å². The molecule has 3 aromatic rings. The van der Waals surface area contributed by atoms with Gasteiger partial charge in [0.2, 0.25) is 0 Å². The minimum absolute atomic E-state index is 0.495. The lowest BCUT2D eigenvalue weighted by atomic mass is 10.3. The van der Waals surface area contributed by atoms with E-state index in [1.807, 2.05) is 30.3 Å². The SMILES string of the molecule is COCc1nc2ccccc2n1Cc1ccco1. The van der Waals surface area contributed by atoms with E-state index >= 15 is 0 Å². The highest BCUT2D eigenvalue weighted by molar-refractivity contribution is 5.75. The molecule has 3 rings (SSSR count). The molecule has 2 aromatic heterocycles. The van der Waals surface area contributed by atoms with E-state index in [2.05, 4.69) is 15.6 Å². The Morgan fingerprint density at radius 1 is 1.22 bits per heavy atom. The lowest BCUT2D eigenvalue weighted by Gasteiger charge is -2.06. The van der Waals surface area contributed by atoms with Gasteiger partial charge in [-0.3, -0.25) is 0 Å². The molecule has 18 heavy (non-hydrogen) atoms. The molecule has 0 spiro atoms. The first-order valence-electron chi connectivity index (χ1n) is 5.84. The Balaban J connectivity index is 2.09. The molecular formula is C14H14N2O2. The molecule has 0 saturated heterocycles. The molecule has 1 aromatic carbocycles. The molecule has 0 atom stereocenters. The predicted molar refractivity (Wildman–Crippen MR) is 68.3 cm³/mol. The van der Waals surface area contributed by atoms with Crippen LogP contribution in [-0.2, 0) is 17.9 Å². The number of rotatable bonds is 4. The van der Waals surface area contributed by atoms with Crippen LogP contribution in [0.3, 0.4) is 0 Å². The summed E-state index contributed by atoms with van der Waals surface area (Å²) >= 11 is 0. The second kappa shape index (κ2) is 4.66. The fourth-order valence-electron chi connectivity index (χ4n) is 2.10. The fraction of sp³-hybridized carbons (Fsp3) is 0.214. The zero-order valence-corrected chi connectivity index (χ0v) is 10.2. The minimum Gasteiger partial charge on any atom is -0.467 e. The van der Waals surface area contributed by atoms with Gasteiger partial charge in [-0.1, -0.05) is 12.1 Å². The minimum atomic E-state index is 0.495. The van der Waals surface area contributed by atoms with E-state index in [-0.39, 0.29) is 0 Å². The van der Waals surface area contributed by atoms with Crippen LogP contribution in [0.25, 0.3) is 11.0 Å². The van der Waals surface area contributed by atoms with E-state index in [9.17, 15) is 0 Å². The summed E-state index contributed by atoms with van der Waals surface area (Å²) in [5.74, 6) is 1.82. The summed E-state index contributed by atoms with van der Waals surface area (Å²) in [5.41, 5.74) is 2.08. The van der Waals surface area contributed by atoms with E-state index in [1.165, 1.54) is 0 Å². The third-order valence-electron chi connectivity index (χ3n) is 2.90. The van der Waals surface area contributed by atoms with Crippen molar-refractivity contribution in [1.82, 2.24) is 9.55 Å². The first kappa shape index (κ1) is 11.0. The van der Waals surface area contributed by atoms with E-state index in [4.69, 9.17) is 9.15 Å². The number of fused-ring (bicyclic) bond motifs is 1. The quantitative estimate of drug-likeness (QED) is 0.706. The molecule has 92 valence electrons. The lowest BCUT2D eigenvalue weighted by Crippen LogP contribution is -2.05. The van der Waals surface area contributed by atoms with Crippen molar-refractivity contribution >= 4 is 11.0 Å². The van der Waals surface area contributed by atoms with Gasteiger partial charge >= 0.3 is 0 Å².